The van der Waals surface area contributed by atoms with Crippen molar-refractivity contribution < 1.29 is 23.9 Å². The van der Waals surface area contributed by atoms with E-state index < -0.39 is 24.4 Å². The Hall–Kier alpha value is -2.87. The molecule has 0 saturated carbocycles. The molecule has 0 aliphatic carbocycles. The Kier molecular flexibility index (Phi) is 6.30. The Balaban J connectivity index is 1.51. The molecule has 0 aromatic heterocycles. The van der Waals surface area contributed by atoms with E-state index in [2.05, 4.69) is 21.2 Å². The van der Waals surface area contributed by atoms with Crippen LogP contribution in [-0.4, -0.2) is 38.0 Å². The normalized spacial score (nSPS) is 16.0. The van der Waals surface area contributed by atoms with Gasteiger partial charge in [0.1, 0.15) is 5.75 Å². The molecule has 0 radical (unpaired) electrons. The van der Waals surface area contributed by atoms with Gasteiger partial charge < -0.3 is 19.7 Å². The minimum atomic E-state index is -0.597. The molecule has 3 rings (SSSR count). The van der Waals surface area contributed by atoms with Gasteiger partial charge in [-0.25, -0.2) is 0 Å². The first-order chi connectivity index (χ1) is 13.5. The third-order valence-electron chi connectivity index (χ3n) is 4.30. The number of methoxy groups -OCH3 is 1. The van der Waals surface area contributed by atoms with Crippen LogP contribution in [0.5, 0.6) is 5.75 Å². The van der Waals surface area contributed by atoms with Crippen molar-refractivity contribution in [3.8, 4) is 5.75 Å². The molecule has 1 aliphatic rings. The molecule has 7 nitrogen and oxygen atoms in total. The number of hydrogen-bond donors (Lipinski definition) is 1. The van der Waals surface area contributed by atoms with Gasteiger partial charge in [0.2, 0.25) is 5.91 Å². The molecule has 0 spiro atoms. The summed E-state index contributed by atoms with van der Waals surface area (Å²) in [5.74, 6) is -1.16. The van der Waals surface area contributed by atoms with Crippen LogP contribution in [0.25, 0.3) is 0 Å². The van der Waals surface area contributed by atoms with E-state index in [-0.39, 0.29) is 18.9 Å². The lowest BCUT2D eigenvalue weighted by molar-refractivity contribution is -0.151. The van der Waals surface area contributed by atoms with E-state index in [1.807, 2.05) is 12.1 Å². The summed E-state index contributed by atoms with van der Waals surface area (Å²) in [5, 5.41) is 2.63. The van der Waals surface area contributed by atoms with Gasteiger partial charge >= 0.3 is 5.97 Å². The molecular weight excluding hydrogens is 428 g/mol. The van der Waals surface area contributed by atoms with Crippen molar-refractivity contribution in [1.82, 2.24) is 0 Å². The van der Waals surface area contributed by atoms with E-state index in [0.29, 0.717) is 11.4 Å². The Morgan fingerprint density at radius 3 is 2.68 bits per heavy atom. The van der Waals surface area contributed by atoms with Crippen molar-refractivity contribution in [1.29, 1.82) is 0 Å². The SMILES string of the molecule is COc1cccc(NC(=O)COC(=O)[C@H]2CC(=O)N(c3ccc(Br)cc3)C2)c1. The topological polar surface area (TPSA) is 84.9 Å². The Morgan fingerprint density at radius 1 is 1.21 bits per heavy atom. The molecule has 146 valence electrons. The minimum Gasteiger partial charge on any atom is -0.497 e. The summed E-state index contributed by atoms with van der Waals surface area (Å²) in [5.41, 5.74) is 1.26. The number of hydrogen-bond acceptors (Lipinski definition) is 5. The summed E-state index contributed by atoms with van der Waals surface area (Å²) in [6.07, 6.45) is 0.0619. The molecule has 1 fully saturated rings. The second kappa shape index (κ2) is 8.88. The fourth-order valence-corrected chi connectivity index (χ4v) is 3.15. The summed E-state index contributed by atoms with van der Waals surface area (Å²) >= 11 is 3.35. The van der Waals surface area contributed by atoms with Gasteiger partial charge in [-0.05, 0) is 36.4 Å². The van der Waals surface area contributed by atoms with Crippen LogP contribution in [0.15, 0.2) is 53.0 Å². The number of esters is 1. The molecule has 2 aromatic rings. The smallest absolute Gasteiger partial charge is 0.311 e. The van der Waals surface area contributed by atoms with E-state index in [1.54, 1.807) is 41.3 Å². The fraction of sp³-hybridized carbons (Fsp3) is 0.250. The molecular formula is C20H19BrN2O5. The highest BCUT2D eigenvalue weighted by atomic mass is 79.9. The van der Waals surface area contributed by atoms with E-state index in [9.17, 15) is 14.4 Å². The van der Waals surface area contributed by atoms with E-state index in [4.69, 9.17) is 9.47 Å². The summed E-state index contributed by atoms with van der Waals surface area (Å²) in [4.78, 5) is 38.1. The van der Waals surface area contributed by atoms with Gasteiger partial charge in [-0.15, -0.1) is 0 Å². The quantitative estimate of drug-likeness (QED) is 0.689. The van der Waals surface area contributed by atoms with Gasteiger partial charge in [0, 0.05) is 34.9 Å². The summed E-state index contributed by atoms with van der Waals surface area (Å²) in [6, 6.07) is 14.1. The van der Waals surface area contributed by atoms with Crippen molar-refractivity contribution in [2.45, 2.75) is 6.42 Å². The number of nitrogens with zero attached hydrogens (tertiary/aromatic N) is 1. The first-order valence-corrected chi connectivity index (χ1v) is 9.42. The van der Waals surface area contributed by atoms with Crippen LogP contribution in [-0.2, 0) is 19.1 Å². The number of anilines is 2. The number of halogens is 1. The molecule has 1 atom stereocenters. The van der Waals surface area contributed by atoms with Crippen molar-refractivity contribution in [3.05, 3.63) is 53.0 Å². The Labute approximate surface area is 170 Å². The minimum absolute atomic E-state index is 0.0619. The maximum atomic E-state index is 12.3. The third kappa shape index (κ3) is 4.89. The lowest BCUT2D eigenvalue weighted by atomic mass is 10.1. The van der Waals surface area contributed by atoms with Crippen LogP contribution in [0.2, 0.25) is 0 Å². The van der Waals surface area contributed by atoms with E-state index >= 15 is 0 Å². The van der Waals surface area contributed by atoms with E-state index in [1.165, 1.54) is 7.11 Å². The van der Waals surface area contributed by atoms with Gasteiger partial charge in [0.05, 0.1) is 13.0 Å². The molecule has 8 heteroatoms. The zero-order chi connectivity index (χ0) is 20.1. The highest BCUT2D eigenvalue weighted by molar-refractivity contribution is 9.10. The van der Waals surface area contributed by atoms with Gasteiger partial charge in [-0.2, -0.15) is 0 Å². The monoisotopic (exact) mass is 446 g/mol. The van der Waals surface area contributed by atoms with Gasteiger partial charge in [0.25, 0.3) is 5.91 Å². The fourth-order valence-electron chi connectivity index (χ4n) is 2.89. The number of benzene rings is 2. The van der Waals surface area contributed by atoms with Crippen LogP contribution in [0.3, 0.4) is 0 Å². The lowest BCUT2D eigenvalue weighted by Crippen LogP contribution is -2.28. The number of rotatable bonds is 6. The molecule has 1 saturated heterocycles. The van der Waals surface area contributed by atoms with Crippen molar-refractivity contribution in [3.63, 3.8) is 0 Å². The predicted octanol–water partition coefficient (Wildman–Crippen LogP) is 2.99. The first kappa shape index (κ1) is 19.9. The summed E-state index contributed by atoms with van der Waals surface area (Å²) in [6.45, 7) is -0.185. The number of carbonyl (C=O) groups excluding carboxylic acids is 3. The number of ether oxygens (including phenoxy) is 2. The second-order valence-electron chi connectivity index (χ2n) is 6.27. The average Bonchev–Trinajstić information content (AvgIpc) is 3.08. The Bertz CT molecular complexity index is 884. The van der Waals surface area contributed by atoms with Gasteiger partial charge in [-0.1, -0.05) is 22.0 Å². The maximum absolute atomic E-state index is 12.3. The van der Waals surface area contributed by atoms with Crippen molar-refractivity contribution >= 4 is 45.1 Å². The highest BCUT2D eigenvalue weighted by Crippen LogP contribution is 2.27. The average molecular weight is 447 g/mol. The highest BCUT2D eigenvalue weighted by Gasteiger charge is 2.36. The molecule has 1 aliphatic heterocycles. The molecule has 2 amide bonds. The summed E-state index contributed by atoms with van der Waals surface area (Å²) in [7, 11) is 1.53. The number of nitrogens with one attached hydrogen (secondary N) is 1. The van der Waals surface area contributed by atoms with Gasteiger partial charge in [0.15, 0.2) is 6.61 Å². The molecule has 0 unspecified atom stereocenters. The van der Waals surface area contributed by atoms with Crippen LogP contribution in [0, 0.1) is 5.92 Å². The second-order valence-corrected chi connectivity index (χ2v) is 7.19. The van der Waals surface area contributed by atoms with Crippen LogP contribution in [0.4, 0.5) is 11.4 Å². The molecule has 1 heterocycles. The maximum Gasteiger partial charge on any atom is 0.311 e. The molecule has 2 aromatic carbocycles. The largest absolute Gasteiger partial charge is 0.497 e. The van der Waals surface area contributed by atoms with Crippen molar-refractivity contribution in [2.75, 3.05) is 30.5 Å². The van der Waals surface area contributed by atoms with Crippen LogP contribution in [0.1, 0.15) is 6.42 Å². The predicted molar refractivity (Wildman–Crippen MR) is 107 cm³/mol. The standard InChI is InChI=1S/C20H19BrN2O5/c1-27-17-4-2-3-15(10-17)22-18(24)12-28-20(26)13-9-19(25)23(11-13)16-7-5-14(21)6-8-16/h2-8,10,13H,9,11-12H2,1H3,(H,22,24)/t13-/m0/s1. The Morgan fingerprint density at radius 2 is 1.96 bits per heavy atom. The number of carbonyl (C=O) groups is 3. The number of amides is 2. The third-order valence-corrected chi connectivity index (χ3v) is 4.82. The van der Waals surface area contributed by atoms with Crippen LogP contribution < -0.4 is 15.0 Å². The molecule has 1 N–H and O–H groups in total. The first-order valence-electron chi connectivity index (χ1n) is 8.62. The van der Waals surface area contributed by atoms with Crippen LogP contribution >= 0.6 is 15.9 Å². The zero-order valence-corrected chi connectivity index (χ0v) is 16.8. The van der Waals surface area contributed by atoms with Crippen molar-refractivity contribution in [2.24, 2.45) is 5.92 Å². The molecule has 0 bridgehead atoms. The summed E-state index contributed by atoms with van der Waals surface area (Å²) < 4.78 is 11.1. The zero-order valence-electron chi connectivity index (χ0n) is 15.2. The lowest BCUT2D eigenvalue weighted by Gasteiger charge is -2.16. The van der Waals surface area contributed by atoms with Gasteiger partial charge in [-0.3, -0.25) is 14.4 Å². The van der Waals surface area contributed by atoms with E-state index in [0.717, 1.165) is 10.2 Å². The molecule has 28 heavy (non-hydrogen) atoms.